The molecule has 2 rings (SSSR count). The first kappa shape index (κ1) is 17.4. The topological polar surface area (TPSA) is 76.1 Å². The Labute approximate surface area is 136 Å². The van der Waals surface area contributed by atoms with E-state index in [2.05, 4.69) is 36.5 Å². The molecule has 124 valence electrons. The van der Waals surface area contributed by atoms with Crippen molar-refractivity contribution in [2.45, 2.75) is 45.4 Å². The first-order valence-corrected chi connectivity index (χ1v) is 10.3. The first-order valence-electron chi connectivity index (χ1n) is 7.58. The smallest absolute Gasteiger partial charge is 0.220 e. The number of hydrogen-bond donors (Lipinski definition) is 1. The van der Waals surface area contributed by atoms with Gasteiger partial charge in [-0.05, 0) is 12.3 Å². The van der Waals surface area contributed by atoms with Crippen LogP contribution in [0.5, 0.6) is 0 Å². The van der Waals surface area contributed by atoms with Gasteiger partial charge in [0, 0.05) is 30.2 Å². The van der Waals surface area contributed by atoms with E-state index in [9.17, 15) is 13.2 Å². The molecule has 0 saturated carbocycles. The molecular formula is C15H24N2O3S2. The van der Waals surface area contributed by atoms with Crippen molar-refractivity contribution in [1.82, 2.24) is 10.3 Å². The van der Waals surface area contributed by atoms with Gasteiger partial charge in [-0.3, -0.25) is 4.79 Å². The molecule has 0 unspecified atom stereocenters. The van der Waals surface area contributed by atoms with Crippen LogP contribution < -0.4 is 5.32 Å². The molecule has 0 bridgehead atoms. The number of carbonyl (C=O) groups is 1. The van der Waals surface area contributed by atoms with Crippen LogP contribution in [0.1, 0.15) is 44.3 Å². The molecule has 1 aromatic heterocycles. The van der Waals surface area contributed by atoms with Crippen LogP contribution >= 0.6 is 11.3 Å². The number of sulfone groups is 1. The Morgan fingerprint density at radius 2 is 2.18 bits per heavy atom. The molecule has 1 atom stereocenters. The zero-order valence-electron chi connectivity index (χ0n) is 13.4. The lowest BCUT2D eigenvalue weighted by atomic mass is 9.93. The van der Waals surface area contributed by atoms with Crippen LogP contribution in [0, 0.1) is 5.92 Å². The summed E-state index contributed by atoms with van der Waals surface area (Å²) < 4.78 is 22.7. The summed E-state index contributed by atoms with van der Waals surface area (Å²) in [6.45, 7) is 6.94. The number of aromatic nitrogens is 1. The van der Waals surface area contributed by atoms with E-state index in [-0.39, 0.29) is 28.7 Å². The van der Waals surface area contributed by atoms with Crippen LogP contribution in [0.3, 0.4) is 0 Å². The van der Waals surface area contributed by atoms with Gasteiger partial charge in [0.25, 0.3) is 0 Å². The maximum absolute atomic E-state index is 11.8. The standard InChI is InChI=1S/C15H24N2O3S2/c1-15(2,3)12-9-21-14(17-12)4-6-16-13(18)8-11-5-7-22(19,20)10-11/h9,11H,4-8,10H2,1-3H3,(H,16,18)/t11-/m1/s1. The predicted molar refractivity (Wildman–Crippen MR) is 88.9 cm³/mol. The highest BCUT2D eigenvalue weighted by Gasteiger charge is 2.29. The highest BCUT2D eigenvalue weighted by molar-refractivity contribution is 7.91. The second kappa shape index (κ2) is 6.66. The molecule has 1 aliphatic heterocycles. The van der Waals surface area contributed by atoms with Crippen molar-refractivity contribution in [3.8, 4) is 0 Å². The zero-order chi connectivity index (χ0) is 16.4. The summed E-state index contributed by atoms with van der Waals surface area (Å²) in [6.07, 6.45) is 1.64. The Bertz CT molecular complexity index is 629. The van der Waals surface area contributed by atoms with E-state index in [1.54, 1.807) is 11.3 Å². The van der Waals surface area contributed by atoms with E-state index in [0.29, 0.717) is 19.4 Å². The van der Waals surface area contributed by atoms with Crippen LogP contribution in [0.25, 0.3) is 0 Å². The highest BCUT2D eigenvalue weighted by Crippen LogP contribution is 2.24. The van der Waals surface area contributed by atoms with Crippen molar-refractivity contribution in [1.29, 1.82) is 0 Å². The van der Waals surface area contributed by atoms with E-state index >= 15 is 0 Å². The number of nitrogens with one attached hydrogen (secondary N) is 1. The van der Waals surface area contributed by atoms with E-state index in [1.807, 2.05) is 0 Å². The number of thiazole rings is 1. The summed E-state index contributed by atoms with van der Waals surface area (Å²) in [5.41, 5.74) is 1.13. The fourth-order valence-electron chi connectivity index (χ4n) is 2.45. The third kappa shape index (κ3) is 5.05. The molecule has 7 heteroatoms. The van der Waals surface area contributed by atoms with E-state index in [4.69, 9.17) is 0 Å². The van der Waals surface area contributed by atoms with Crippen molar-refractivity contribution >= 4 is 27.1 Å². The van der Waals surface area contributed by atoms with Crippen molar-refractivity contribution in [3.63, 3.8) is 0 Å². The second-order valence-corrected chi connectivity index (χ2v) is 10.1. The van der Waals surface area contributed by atoms with E-state index < -0.39 is 9.84 Å². The maximum Gasteiger partial charge on any atom is 0.220 e. The van der Waals surface area contributed by atoms with Gasteiger partial charge >= 0.3 is 0 Å². The molecule has 2 heterocycles. The van der Waals surface area contributed by atoms with Crippen molar-refractivity contribution in [2.24, 2.45) is 5.92 Å². The van der Waals surface area contributed by atoms with Gasteiger partial charge in [-0.15, -0.1) is 11.3 Å². The molecule has 0 spiro atoms. The van der Waals surface area contributed by atoms with Crippen LogP contribution in [0.2, 0.25) is 0 Å². The molecule has 22 heavy (non-hydrogen) atoms. The van der Waals surface area contributed by atoms with E-state index in [1.165, 1.54) is 0 Å². The SMILES string of the molecule is CC(C)(C)c1csc(CCNC(=O)C[C@H]2CCS(=O)(=O)C2)n1. The largest absolute Gasteiger partial charge is 0.356 e. The molecule has 1 amide bonds. The maximum atomic E-state index is 11.8. The Kier molecular flexibility index (Phi) is 5.27. The Morgan fingerprint density at radius 1 is 1.45 bits per heavy atom. The number of nitrogens with zero attached hydrogens (tertiary/aromatic N) is 1. The lowest BCUT2D eigenvalue weighted by Crippen LogP contribution is -2.28. The van der Waals surface area contributed by atoms with Gasteiger partial charge in [0.15, 0.2) is 9.84 Å². The molecule has 5 nitrogen and oxygen atoms in total. The third-order valence-electron chi connectivity index (χ3n) is 3.78. The molecule has 1 saturated heterocycles. The molecule has 0 aliphatic carbocycles. The summed E-state index contributed by atoms with van der Waals surface area (Å²) in [5, 5.41) is 5.96. The minimum absolute atomic E-state index is 0.0163. The summed E-state index contributed by atoms with van der Waals surface area (Å²) in [5.74, 6) is 0.300. The van der Waals surface area contributed by atoms with Gasteiger partial charge in [-0.2, -0.15) is 0 Å². The second-order valence-electron chi connectivity index (χ2n) is 6.95. The number of hydrogen-bond acceptors (Lipinski definition) is 5. The van der Waals surface area contributed by atoms with Gasteiger partial charge < -0.3 is 5.32 Å². The summed E-state index contributed by atoms with van der Waals surface area (Å²) in [4.78, 5) is 16.4. The average molecular weight is 345 g/mol. The highest BCUT2D eigenvalue weighted by atomic mass is 32.2. The molecule has 1 fully saturated rings. The molecule has 0 radical (unpaired) electrons. The van der Waals surface area contributed by atoms with Crippen molar-refractivity contribution in [3.05, 3.63) is 16.1 Å². The average Bonchev–Trinajstić information content (AvgIpc) is 2.95. The van der Waals surface area contributed by atoms with Crippen molar-refractivity contribution < 1.29 is 13.2 Å². The van der Waals surface area contributed by atoms with Crippen LogP contribution in [-0.4, -0.2) is 37.4 Å². The summed E-state index contributed by atoms with van der Waals surface area (Å²) >= 11 is 1.62. The van der Waals surface area contributed by atoms with Gasteiger partial charge in [0.05, 0.1) is 22.2 Å². The number of amides is 1. The monoisotopic (exact) mass is 344 g/mol. The molecule has 1 aromatic rings. The fourth-order valence-corrected chi connectivity index (χ4v) is 5.33. The number of carbonyl (C=O) groups excluding carboxylic acids is 1. The van der Waals surface area contributed by atoms with Crippen molar-refractivity contribution in [2.75, 3.05) is 18.1 Å². The lowest BCUT2D eigenvalue weighted by molar-refractivity contribution is -0.121. The fraction of sp³-hybridized carbons (Fsp3) is 0.733. The zero-order valence-corrected chi connectivity index (χ0v) is 15.0. The Hall–Kier alpha value is -0.950. The molecular weight excluding hydrogens is 320 g/mol. The van der Waals surface area contributed by atoms with Gasteiger partial charge in [-0.1, -0.05) is 20.8 Å². The van der Waals surface area contributed by atoms with Gasteiger partial charge in [-0.25, -0.2) is 13.4 Å². The molecule has 1 aliphatic rings. The summed E-state index contributed by atoms with van der Waals surface area (Å²) in [7, 11) is -2.90. The normalized spacial score (nSPS) is 21.0. The molecule has 1 N–H and O–H groups in total. The molecule has 0 aromatic carbocycles. The lowest BCUT2D eigenvalue weighted by Gasteiger charge is -2.14. The van der Waals surface area contributed by atoms with Gasteiger partial charge in [0.2, 0.25) is 5.91 Å². The summed E-state index contributed by atoms with van der Waals surface area (Å²) in [6, 6.07) is 0. The first-order chi connectivity index (χ1) is 10.2. The van der Waals surface area contributed by atoms with Crippen LogP contribution in [0.4, 0.5) is 0 Å². The Morgan fingerprint density at radius 3 is 2.73 bits per heavy atom. The minimum Gasteiger partial charge on any atom is -0.356 e. The minimum atomic E-state index is -2.90. The van der Waals surface area contributed by atoms with E-state index in [0.717, 1.165) is 17.1 Å². The third-order valence-corrected chi connectivity index (χ3v) is 6.53. The Balaban J connectivity index is 1.72. The van der Waals surface area contributed by atoms with Crippen LogP contribution in [-0.2, 0) is 26.5 Å². The quantitative estimate of drug-likeness (QED) is 0.885. The number of rotatable bonds is 5. The van der Waals surface area contributed by atoms with Crippen LogP contribution in [0.15, 0.2) is 5.38 Å². The predicted octanol–water partition coefficient (Wildman–Crippen LogP) is 1.92. The van der Waals surface area contributed by atoms with Gasteiger partial charge in [0.1, 0.15) is 0 Å².